The molecule has 0 bridgehead atoms. The summed E-state index contributed by atoms with van der Waals surface area (Å²) in [6.07, 6.45) is 0. The van der Waals surface area contributed by atoms with Gasteiger partial charge in [0.1, 0.15) is 6.04 Å². The predicted octanol–water partition coefficient (Wildman–Crippen LogP) is 6.10. The van der Waals surface area contributed by atoms with E-state index >= 15 is 0 Å². The van der Waals surface area contributed by atoms with Gasteiger partial charge in [-0.25, -0.2) is 4.99 Å². The lowest BCUT2D eigenvalue weighted by Crippen LogP contribution is -2.38. The molecular weight excluding hydrogens is 450 g/mol. The molecule has 0 unspecified atom stereocenters. The van der Waals surface area contributed by atoms with E-state index in [1.165, 1.54) is 11.3 Å². The Morgan fingerprint density at radius 2 is 1.61 bits per heavy atom. The number of nitrogens with one attached hydrogen (secondary N) is 1. The molecule has 4 rings (SSSR count). The van der Waals surface area contributed by atoms with E-state index in [0.717, 1.165) is 27.3 Å². The minimum absolute atomic E-state index is 0.0303. The fraction of sp³-hybridized carbons (Fsp3) is 0.185. The molecule has 1 aromatic heterocycles. The summed E-state index contributed by atoms with van der Waals surface area (Å²) >= 11 is 8.10. The number of amides is 1. The lowest BCUT2D eigenvalue weighted by molar-refractivity contribution is -0.123. The fourth-order valence-corrected chi connectivity index (χ4v) is 4.75. The first kappa shape index (κ1) is 23.0. The Bertz CT molecular complexity index is 1280. The largest absolute Gasteiger partial charge is 0.350 e. The van der Waals surface area contributed by atoms with Crippen LogP contribution in [0.2, 0.25) is 5.02 Å². The molecule has 0 aliphatic rings. The van der Waals surface area contributed by atoms with Crippen molar-refractivity contribution in [3.63, 3.8) is 0 Å². The maximum absolute atomic E-state index is 13.1. The van der Waals surface area contributed by atoms with Crippen LogP contribution in [0.15, 0.2) is 95.3 Å². The normalized spacial score (nSPS) is 12.7. The van der Waals surface area contributed by atoms with Gasteiger partial charge in [0, 0.05) is 11.9 Å². The van der Waals surface area contributed by atoms with Gasteiger partial charge in [-0.1, -0.05) is 98.2 Å². The maximum Gasteiger partial charge on any atom is 0.245 e. The Hall–Kier alpha value is -3.15. The highest BCUT2D eigenvalue weighted by molar-refractivity contribution is 7.07. The Morgan fingerprint density at radius 1 is 0.970 bits per heavy atom. The molecule has 0 aliphatic carbocycles. The Labute approximate surface area is 203 Å². The summed E-state index contributed by atoms with van der Waals surface area (Å²) in [5, 5.41) is 5.74. The summed E-state index contributed by atoms with van der Waals surface area (Å²) in [6, 6.07) is 27.2. The highest BCUT2D eigenvalue weighted by atomic mass is 35.5. The fourth-order valence-electron chi connectivity index (χ4n) is 3.60. The third-order valence-corrected chi connectivity index (χ3v) is 6.49. The molecule has 33 heavy (non-hydrogen) atoms. The number of aromatic nitrogens is 1. The first-order valence-corrected chi connectivity index (χ1v) is 12.2. The van der Waals surface area contributed by atoms with Gasteiger partial charge in [0.25, 0.3) is 0 Å². The number of benzene rings is 3. The molecule has 1 amide bonds. The van der Waals surface area contributed by atoms with E-state index in [9.17, 15) is 4.79 Å². The van der Waals surface area contributed by atoms with Crippen molar-refractivity contribution in [2.45, 2.75) is 26.4 Å². The Kier molecular flexibility index (Phi) is 7.43. The zero-order valence-electron chi connectivity index (χ0n) is 18.6. The highest BCUT2D eigenvalue weighted by Gasteiger charge is 2.22. The van der Waals surface area contributed by atoms with Crippen LogP contribution in [-0.2, 0) is 11.3 Å². The minimum atomic E-state index is -0.523. The summed E-state index contributed by atoms with van der Waals surface area (Å²) in [5.74, 6) is -0.0584. The van der Waals surface area contributed by atoms with E-state index in [4.69, 9.17) is 16.6 Å². The number of para-hydroxylation sites is 1. The molecule has 1 atom stereocenters. The third-order valence-electron chi connectivity index (χ3n) is 5.33. The van der Waals surface area contributed by atoms with Crippen molar-refractivity contribution >= 4 is 28.8 Å². The lowest BCUT2D eigenvalue weighted by atomic mass is 10.0. The zero-order chi connectivity index (χ0) is 23.2. The number of thiazole rings is 1. The van der Waals surface area contributed by atoms with E-state index in [1.54, 1.807) is 0 Å². The monoisotopic (exact) mass is 475 g/mol. The smallest absolute Gasteiger partial charge is 0.245 e. The average Bonchev–Trinajstić information content (AvgIpc) is 3.25. The van der Waals surface area contributed by atoms with Crippen LogP contribution in [0.5, 0.6) is 0 Å². The van der Waals surface area contributed by atoms with Gasteiger partial charge in [0.15, 0.2) is 4.80 Å². The van der Waals surface area contributed by atoms with E-state index in [1.807, 2.05) is 91.2 Å². The summed E-state index contributed by atoms with van der Waals surface area (Å²) < 4.78 is 2.04. The summed E-state index contributed by atoms with van der Waals surface area (Å²) in [6.45, 7) is 4.51. The molecule has 0 fully saturated rings. The zero-order valence-corrected chi connectivity index (χ0v) is 20.2. The Morgan fingerprint density at radius 3 is 2.27 bits per heavy atom. The maximum atomic E-state index is 13.1. The van der Waals surface area contributed by atoms with E-state index in [-0.39, 0.29) is 11.8 Å². The molecule has 3 aromatic carbocycles. The summed E-state index contributed by atoms with van der Waals surface area (Å²) in [4.78, 5) is 18.8. The molecule has 0 radical (unpaired) electrons. The van der Waals surface area contributed by atoms with Crippen LogP contribution in [0.1, 0.15) is 19.4 Å². The van der Waals surface area contributed by atoms with Crippen LogP contribution in [0.4, 0.5) is 0 Å². The van der Waals surface area contributed by atoms with E-state index in [2.05, 4.69) is 22.8 Å². The van der Waals surface area contributed by atoms with Crippen molar-refractivity contribution in [2.24, 2.45) is 10.9 Å². The second kappa shape index (κ2) is 10.6. The molecule has 0 spiro atoms. The number of rotatable bonds is 7. The van der Waals surface area contributed by atoms with E-state index < -0.39 is 6.04 Å². The number of carbonyl (C=O) groups excluding carboxylic acids is 1. The van der Waals surface area contributed by atoms with Gasteiger partial charge in [0.05, 0.1) is 16.4 Å². The highest BCUT2D eigenvalue weighted by Crippen LogP contribution is 2.27. The molecule has 4 nitrogen and oxygen atoms in total. The van der Waals surface area contributed by atoms with Crippen LogP contribution >= 0.6 is 22.9 Å². The number of halogens is 1. The molecule has 0 saturated heterocycles. The molecule has 1 heterocycles. The van der Waals surface area contributed by atoms with Crippen molar-refractivity contribution in [3.05, 3.63) is 106 Å². The van der Waals surface area contributed by atoms with E-state index in [0.29, 0.717) is 11.6 Å². The van der Waals surface area contributed by atoms with Crippen LogP contribution in [0, 0.1) is 5.92 Å². The second-order valence-corrected chi connectivity index (χ2v) is 9.32. The van der Waals surface area contributed by atoms with Crippen molar-refractivity contribution < 1.29 is 4.79 Å². The Balaban J connectivity index is 1.76. The van der Waals surface area contributed by atoms with Gasteiger partial charge in [-0.15, -0.1) is 11.3 Å². The van der Waals surface area contributed by atoms with Crippen LogP contribution in [-0.4, -0.2) is 16.5 Å². The number of nitrogens with zero attached hydrogens (tertiary/aromatic N) is 2. The number of hydrogen-bond donors (Lipinski definition) is 1. The number of carbonyl (C=O) groups is 1. The van der Waals surface area contributed by atoms with Crippen molar-refractivity contribution in [1.29, 1.82) is 0 Å². The third kappa shape index (κ3) is 5.44. The predicted molar refractivity (Wildman–Crippen MR) is 137 cm³/mol. The second-order valence-electron chi connectivity index (χ2n) is 8.08. The first-order chi connectivity index (χ1) is 16.0. The summed E-state index contributed by atoms with van der Waals surface area (Å²) in [5.41, 5.74) is 3.94. The average molecular weight is 476 g/mol. The van der Waals surface area contributed by atoms with Gasteiger partial charge < -0.3 is 5.32 Å². The number of hydrogen-bond acceptors (Lipinski definition) is 3. The molecule has 1 N–H and O–H groups in total. The van der Waals surface area contributed by atoms with Gasteiger partial charge in [-0.2, -0.15) is 0 Å². The van der Waals surface area contributed by atoms with Crippen molar-refractivity contribution in [2.75, 3.05) is 0 Å². The molecule has 0 saturated carbocycles. The summed E-state index contributed by atoms with van der Waals surface area (Å²) in [7, 11) is 0. The quantitative estimate of drug-likeness (QED) is 0.345. The van der Waals surface area contributed by atoms with Crippen LogP contribution in [0.3, 0.4) is 0 Å². The van der Waals surface area contributed by atoms with Crippen LogP contribution < -0.4 is 10.1 Å². The minimum Gasteiger partial charge on any atom is -0.350 e. The van der Waals surface area contributed by atoms with Gasteiger partial charge in [-0.05, 0) is 29.2 Å². The van der Waals surface area contributed by atoms with Crippen molar-refractivity contribution in [1.82, 2.24) is 9.88 Å². The lowest BCUT2D eigenvalue weighted by Gasteiger charge is -2.17. The van der Waals surface area contributed by atoms with Crippen LogP contribution in [0.25, 0.3) is 16.9 Å². The molecule has 4 aromatic rings. The standard InChI is InChI=1S/C27H26ClN3OS/c1-19(2)25(26(32)29-17-20-11-5-3-6-12-20)30-27-31(23-16-10-9-15-22(23)28)24(18-33-27)21-13-7-4-8-14-21/h3-16,18-19,25H,17H2,1-2H3,(H,29,32)/t25-/m0/s1. The van der Waals surface area contributed by atoms with Gasteiger partial charge in [-0.3, -0.25) is 9.36 Å². The topological polar surface area (TPSA) is 46.4 Å². The van der Waals surface area contributed by atoms with Gasteiger partial charge >= 0.3 is 0 Å². The molecule has 168 valence electrons. The van der Waals surface area contributed by atoms with Gasteiger partial charge in [0.2, 0.25) is 5.91 Å². The molecular formula is C27H26ClN3OS. The van der Waals surface area contributed by atoms with Crippen molar-refractivity contribution in [3.8, 4) is 16.9 Å². The molecule has 6 heteroatoms. The first-order valence-electron chi connectivity index (χ1n) is 10.9. The SMILES string of the molecule is CC(C)[C@H](N=c1scc(-c2ccccc2)n1-c1ccccc1Cl)C(=O)NCc1ccccc1. The molecule has 0 aliphatic heterocycles.